The standard InChI is InChI=1S/C44H36N2O3/c1-6-16-34(17-7-1)26-28-39-40(29-27-35-18-8-2-9-19-35)46-30-41(47-31-36-20-10-3-11-21-36)42(48-32-37-22-12-4-13-23-37)43(44(46)45-39)49-33-38-24-14-5-15-25-38/h1-25,41-43H,30-33H2/t41-,42-,43+/m0/s1. The first kappa shape index (κ1) is 31.9. The highest BCUT2D eigenvalue weighted by Gasteiger charge is 2.42. The van der Waals surface area contributed by atoms with E-state index in [4.69, 9.17) is 19.2 Å². The molecule has 7 rings (SSSR count). The van der Waals surface area contributed by atoms with Gasteiger partial charge in [-0.25, -0.2) is 4.98 Å². The average molecular weight is 641 g/mol. The van der Waals surface area contributed by atoms with Crippen LogP contribution in [-0.4, -0.2) is 21.8 Å². The van der Waals surface area contributed by atoms with Crippen molar-refractivity contribution in [3.63, 3.8) is 0 Å². The topological polar surface area (TPSA) is 45.5 Å². The monoisotopic (exact) mass is 640 g/mol. The van der Waals surface area contributed by atoms with Crippen LogP contribution in [0.25, 0.3) is 0 Å². The third-order valence-electron chi connectivity index (χ3n) is 8.34. The highest BCUT2D eigenvalue weighted by Crippen LogP contribution is 2.36. The summed E-state index contributed by atoms with van der Waals surface area (Å²) < 4.78 is 22.4. The molecular formula is C44H36N2O3. The Hall–Kier alpha value is -5.69. The lowest BCUT2D eigenvalue weighted by Gasteiger charge is -2.38. The summed E-state index contributed by atoms with van der Waals surface area (Å²) in [7, 11) is 0. The summed E-state index contributed by atoms with van der Waals surface area (Å²) in [4.78, 5) is 5.16. The van der Waals surface area contributed by atoms with Gasteiger partial charge >= 0.3 is 0 Å². The van der Waals surface area contributed by atoms with Crippen molar-refractivity contribution in [3.05, 3.63) is 197 Å². The molecule has 49 heavy (non-hydrogen) atoms. The minimum atomic E-state index is -0.553. The predicted molar refractivity (Wildman–Crippen MR) is 191 cm³/mol. The molecule has 1 aromatic heterocycles. The van der Waals surface area contributed by atoms with Gasteiger partial charge in [0.15, 0.2) is 0 Å². The quantitative estimate of drug-likeness (QED) is 0.150. The molecule has 0 saturated heterocycles. The lowest BCUT2D eigenvalue weighted by molar-refractivity contribution is -0.171. The van der Waals surface area contributed by atoms with Crippen molar-refractivity contribution in [2.75, 3.05) is 0 Å². The summed E-state index contributed by atoms with van der Waals surface area (Å²) in [5.74, 6) is 14.1. The van der Waals surface area contributed by atoms with E-state index < -0.39 is 12.2 Å². The SMILES string of the molecule is C(#Cc1nc2n(c1C#Cc1ccccc1)C[C@H](OCc1ccccc1)[C@H](OCc1ccccc1)[C@H]2OCc1ccccc1)c1ccccc1. The summed E-state index contributed by atoms with van der Waals surface area (Å²) in [6.45, 7) is 1.69. The molecule has 2 heterocycles. The van der Waals surface area contributed by atoms with E-state index >= 15 is 0 Å². The number of ether oxygens (including phenoxy) is 3. The van der Waals surface area contributed by atoms with Crippen LogP contribution in [0.1, 0.15) is 51.1 Å². The van der Waals surface area contributed by atoms with Crippen molar-refractivity contribution < 1.29 is 14.2 Å². The van der Waals surface area contributed by atoms with E-state index in [0.29, 0.717) is 32.1 Å². The molecule has 0 radical (unpaired) electrons. The first-order valence-corrected chi connectivity index (χ1v) is 16.5. The van der Waals surface area contributed by atoms with E-state index in [-0.39, 0.29) is 6.10 Å². The number of hydrogen-bond acceptors (Lipinski definition) is 4. The lowest BCUT2D eigenvalue weighted by atomic mass is 10.0. The van der Waals surface area contributed by atoms with E-state index in [1.165, 1.54) is 0 Å². The van der Waals surface area contributed by atoms with Gasteiger partial charge in [0.05, 0.1) is 26.4 Å². The maximum Gasteiger partial charge on any atom is 0.148 e. The first-order valence-electron chi connectivity index (χ1n) is 16.5. The number of benzene rings is 5. The zero-order valence-electron chi connectivity index (χ0n) is 27.1. The third-order valence-corrected chi connectivity index (χ3v) is 8.34. The van der Waals surface area contributed by atoms with Crippen molar-refractivity contribution in [1.82, 2.24) is 9.55 Å². The van der Waals surface area contributed by atoms with Crippen molar-refractivity contribution >= 4 is 0 Å². The van der Waals surface area contributed by atoms with Gasteiger partial charge in [-0.2, -0.15) is 0 Å². The van der Waals surface area contributed by atoms with Crippen LogP contribution >= 0.6 is 0 Å². The summed E-state index contributed by atoms with van der Waals surface area (Å²) in [6, 6.07) is 50.5. The van der Waals surface area contributed by atoms with E-state index in [0.717, 1.165) is 39.3 Å². The average Bonchev–Trinajstić information content (AvgIpc) is 3.52. The van der Waals surface area contributed by atoms with Crippen LogP contribution in [0.5, 0.6) is 0 Å². The van der Waals surface area contributed by atoms with Gasteiger partial charge in [-0.1, -0.05) is 139 Å². The predicted octanol–water partition coefficient (Wildman–Crippen LogP) is 8.13. The fraction of sp³-hybridized carbons (Fsp3) is 0.159. The highest BCUT2D eigenvalue weighted by atomic mass is 16.6. The molecule has 1 aliphatic heterocycles. The number of rotatable bonds is 9. The molecule has 0 spiro atoms. The summed E-state index contributed by atoms with van der Waals surface area (Å²) >= 11 is 0. The van der Waals surface area contributed by atoms with Crippen LogP contribution in [0.15, 0.2) is 152 Å². The molecule has 0 N–H and O–H groups in total. The van der Waals surface area contributed by atoms with Gasteiger partial charge in [0, 0.05) is 11.1 Å². The number of imidazole rings is 1. The van der Waals surface area contributed by atoms with E-state index in [1.807, 2.05) is 115 Å². The van der Waals surface area contributed by atoms with Gasteiger partial charge in [0.1, 0.15) is 35.5 Å². The summed E-state index contributed by atoms with van der Waals surface area (Å²) in [6.07, 6.45) is -1.37. The molecule has 5 nitrogen and oxygen atoms in total. The number of fused-ring (bicyclic) bond motifs is 1. The van der Waals surface area contributed by atoms with Gasteiger partial charge in [-0.15, -0.1) is 0 Å². The Bertz CT molecular complexity index is 2060. The molecule has 0 amide bonds. The lowest BCUT2D eigenvalue weighted by Crippen LogP contribution is -2.46. The molecule has 0 aliphatic carbocycles. The van der Waals surface area contributed by atoms with Crippen molar-refractivity contribution in [1.29, 1.82) is 0 Å². The molecule has 5 aromatic carbocycles. The Morgan fingerprint density at radius 1 is 0.510 bits per heavy atom. The Balaban J connectivity index is 1.32. The van der Waals surface area contributed by atoms with E-state index in [1.54, 1.807) is 0 Å². The minimum absolute atomic E-state index is 0.362. The van der Waals surface area contributed by atoms with Crippen LogP contribution in [-0.2, 0) is 40.6 Å². The first-order chi connectivity index (χ1) is 24.3. The normalized spacial score (nSPS) is 16.4. The Morgan fingerprint density at radius 2 is 0.959 bits per heavy atom. The Kier molecular flexibility index (Phi) is 10.4. The fourth-order valence-electron chi connectivity index (χ4n) is 5.83. The van der Waals surface area contributed by atoms with Gasteiger partial charge in [-0.05, 0) is 52.8 Å². The van der Waals surface area contributed by atoms with E-state index in [9.17, 15) is 0 Å². The smallest absolute Gasteiger partial charge is 0.148 e. The second-order valence-electron chi connectivity index (χ2n) is 11.8. The fourth-order valence-corrected chi connectivity index (χ4v) is 5.83. The molecule has 0 bridgehead atoms. The van der Waals surface area contributed by atoms with Crippen LogP contribution < -0.4 is 0 Å². The second kappa shape index (κ2) is 15.9. The molecule has 0 saturated carbocycles. The van der Waals surface area contributed by atoms with Crippen LogP contribution in [0.3, 0.4) is 0 Å². The molecular weight excluding hydrogens is 604 g/mol. The number of nitrogens with zero attached hydrogens (tertiary/aromatic N) is 2. The zero-order chi connectivity index (χ0) is 33.1. The van der Waals surface area contributed by atoms with E-state index in [2.05, 4.69) is 64.6 Å². The van der Waals surface area contributed by atoms with Gasteiger partial charge in [-0.3, -0.25) is 0 Å². The number of aromatic nitrogens is 2. The number of hydrogen-bond donors (Lipinski definition) is 0. The maximum absolute atomic E-state index is 6.79. The summed E-state index contributed by atoms with van der Waals surface area (Å²) in [5.41, 5.74) is 6.36. The van der Waals surface area contributed by atoms with Crippen LogP contribution in [0.2, 0.25) is 0 Å². The highest BCUT2D eigenvalue weighted by molar-refractivity contribution is 5.51. The second-order valence-corrected chi connectivity index (χ2v) is 11.8. The maximum atomic E-state index is 6.79. The Labute approximate surface area is 288 Å². The minimum Gasteiger partial charge on any atom is -0.369 e. The summed E-state index contributed by atoms with van der Waals surface area (Å²) in [5, 5.41) is 0. The molecule has 1 aliphatic rings. The van der Waals surface area contributed by atoms with Crippen LogP contribution in [0, 0.1) is 23.7 Å². The molecule has 0 unspecified atom stereocenters. The van der Waals surface area contributed by atoms with Gasteiger partial charge in [0.2, 0.25) is 0 Å². The third kappa shape index (κ3) is 8.25. The van der Waals surface area contributed by atoms with Crippen molar-refractivity contribution in [2.24, 2.45) is 0 Å². The largest absolute Gasteiger partial charge is 0.369 e. The zero-order valence-corrected chi connectivity index (χ0v) is 27.1. The van der Waals surface area contributed by atoms with Gasteiger partial charge < -0.3 is 18.8 Å². The molecule has 240 valence electrons. The molecule has 3 atom stereocenters. The Morgan fingerprint density at radius 3 is 1.49 bits per heavy atom. The van der Waals surface area contributed by atoms with Crippen molar-refractivity contribution in [2.45, 2.75) is 44.7 Å². The molecule has 0 fully saturated rings. The van der Waals surface area contributed by atoms with Crippen LogP contribution in [0.4, 0.5) is 0 Å². The molecule has 5 heteroatoms. The molecule has 6 aromatic rings. The van der Waals surface area contributed by atoms with Gasteiger partial charge in [0.25, 0.3) is 0 Å². The van der Waals surface area contributed by atoms with Crippen molar-refractivity contribution in [3.8, 4) is 23.7 Å².